The van der Waals surface area contributed by atoms with Crippen LogP contribution in [0.5, 0.6) is 5.75 Å². The average molecular weight is 478 g/mol. The van der Waals surface area contributed by atoms with Gasteiger partial charge in [-0.05, 0) is 25.3 Å². The fourth-order valence-electron chi connectivity index (χ4n) is 4.32. The summed E-state index contributed by atoms with van der Waals surface area (Å²) < 4.78 is 7.08. The van der Waals surface area contributed by atoms with Crippen LogP contribution < -0.4 is 21.1 Å². The zero-order chi connectivity index (χ0) is 24.9. The number of methoxy groups -OCH3 is 1. The van der Waals surface area contributed by atoms with Gasteiger partial charge in [0.05, 0.1) is 48.4 Å². The van der Waals surface area contributed by atoms with Crippen LogP contribution in [0.1, 0.15) is 34.3 Å². The first-order valence-electron chi connectivity index (χ1n) is 11.5. The van der Waals surface area contributed by atoms with Crippen LogP contribution in [0, 0.1) is 6.92 Å². The first-order chi connectivity index (χ1) is 16.9. The highest BCUT2D eigenvalue weighted by atomic mass is 16.5. The fraction of sp³-hybridized carbons (Fsp3) is 0.320. The Labute approximate surface area is 203 Å². The van der Waals surface area contributed by atoms with Crippen LogP contribution in [0.25, 0.3) is 11.0 Å². The number of anilines is 2. The van der Waals surface area contributed by atoms with E-state index in [-0.39, 0.29) is 11.6 Å². The summed E-state index contributed by atoms with van der Waals surface area (Å²) in [6.07, 6.45) is 8.54. The van der Waals surface area contributed by atoms with E-state index in [1.807, 2.05) is 25.1 Å². The number of pyridine rings is 1. The normalized spacial score (nSPS) is 15.5. The Morgan fingerprint density at radius 1 is 1.34 bits per heavy atom. The van der Waals surface area contributed by atoms with Crippen LogP contribution in [0.4, 0.5) is 11.4 Å². The number of carboxylic acids is 1. The molecule has 0 radical (unpaired) electrons. The van der Waals surface area contributed by atoms with E-state index in [1.165, 1.54) is 18.0 Å². The van der Waals surface area contributed by atoms with Crippen molar-refractivity contribution in [2.24, 2.45) is 5.73 Å². The molecule has 1 fully saturated rings. The van der Waals surface area contributed by atoms with E-state index in [4.69, 9.17) is 21.3 Å². The summed E-state index contributed by atoms with van der Waals surface area (Å²) in [6.45, 7) is 4.40. The Hall–Kier alpha value is -4.05. The zero-order valence-electron chi connectivity index (χ0n) is 19.9. The molecule has 0 unspecified atom stereocenters. The number of nitrogens with one attached hydrogen (secondary N) is 1. The second kappa shape index (κ2) is 10.5. The fourth-order valence-corrected chi connectivity index (χ4v) is 4.32. The van der Waals surface area contributed by atoms with Crippen molar-refractivity contribution in [3.8, 4) is 5.75 Å². The summed E-state index contributed by atoms with van der Waals surface area (Å²) >= 11 is 0. The number of H-pyrrole nitrogens is 1. The Bertz CT molecular complexity index is 1310. The van der Waals surface area contributed by atoms with Crippen LogP contribution in [0.15, 0.2) is 49.1 Å². The summed E-state index contributed by atoms with van der Waals surface area (Å²) in [7, 11) is 1.65. The van der Waals surface area contributed by atoms with Gasteiger partial charge >= 0.3 is 5.97 Å². The Kier molecular flexibility index (Phi) is 7.21. The van der Waals surface area contributed by atoms with Crippen LogP contribution in [-0.2, 0) is 6.54 Å². The summed E-state index contributed by atoms with van der Waals surface area (Å²) in [5.74, 6) is -0.205. The number of benzene rings is 1. The number of ether oxygens (including phenoxy) is 1. The lowest BCUT2D eigenvalue weighted by molar-refractivity contribution is 0.0696. The molecule has 0 amide bonds. The molecular formula is C25H31N7O3. The third kappa shape index (κ3) is 5.55. The predicted octanol–water partition coefficient (Wildman–Crippen LogP) is 3.02. The topological polar surface area (TPSA) is 148 Å². The van der Waals surface area contributed by atoms with Crippen molar-refractivity contribution < 1.29 is 14.6 Å². The highest BCUT2D eigenvalue weighted by molar-refractivity contribution is 6.02. The van der Waals surface area contributed by atoms with Crippen molar-refractivity contribution in [3.05, 3.63) is 65.7 Å². The molecule has 0 saturated carbocycles. The molecule has 0 spiro atoms. The number of nitrogens with zero attached hydrogens (tertiary/aromatic N) is 4. The first kappa shape index (κ1) is 24.1. The van der Waals surface area contributed by atoms with Gasteiger partial charge in [0.1, 0.15) is 5.65 Å². The minimum Gasteiger partial charge on any atom is -0.493 e. The SMILES string of the molecule is COc1cnc2[nH]cc(N)c2c1N1CCC[C@@H](N)C1.Cc1cccc(Cn2cc(C(=O)O)cn2)c1. The standard InChI is InChI=1S/C13H19N5O.C12H12N2O2/c1-19-10-6-17-13-11(9(15)5-16-13)12(10)18-4-2-3-8(14)7-18;1-9-3-2-4-10(5-9)7-14-8-11(6-13-14)12(15)16/h5-6,8H,2-4,7,14-15H2,1H3,(H,16,17);2-6,8H,7H2,1H3,(H,15,16)/t8-;/m1./s1. The summed E-state index contributed by atoms with van der Waals surface area (Å²) in [4.78, 5) is 20.3. The van der Waals surface area contributed by atoms with Crippen LogP contribution in [-0.4, -0.2) is 57.1 Å². The highest BCUT2D eigenvalue weighted by Crippen LogP contribution is 2.39. The van der Waals surface area contributed by atoms with Crippen molar-refractivity contribution >= 4 is 28.4 Å². The molecule has 1 aromatic carbocycles. The van der Waals surface area contributed by atoms with Crippen LogP contribution in [0.3, 0.4) is 0 Å². The predicted molar refractivity (Wildman–Crippen MR) is 136 cm³/mol. The summed E-state index contributed by atoms with van der Waals surface area (Å²) in [6, 6.07) is 8.25. The van der Waals surface area contributed by atoms with Gasteiger partial charge in [-0.2, -0.15) is 5.10 Å². The minimum absolute atomic E-state index is 0.196. The van der Waals surface area contributed by atoms with E-state index >= 15 is 0 Å². The quantitative estimate of drug-likeness (QED) is 0.343. The lowest BCUT2D eigenvalue weighted by Crippen LogP contribution is -2.43. The smallest absolute Gasteiger partial charge is 0.338 e. The molecule has 0 bridgehead atoms. The van der Waals surface area contributed by atoms with Crippen LogP contribution >= 0.6 is 0 Å². The number of hydrogen-bond donors (Lipinski definition) is 4. The molecule has 35 heavy (non-hydrogen) atoms. The zero-order valence-corrected chi connectivity index (χ0v) is 19.9. The maximum absolute atomic E-state index is 10.7. The Morgan fingerprint density at radius 3 is 2.86 bits per heavy atom. The number of piperidine rings is 1. The van der Waals surface area contributed by atoms with E-state index in [0.717, 1.165) is 54.0 Å². The van der Waals surface area contributed by atoms with Gasteiger partial charge in [-0.25, -0.2) is 9.78 Å². The molecule has 4 aromatic rings. The number of carbonyl (C=O) groups is 1. The molecule has 5 rings (SSSR count). The molecule has 184 valence electrons. The van der Waals surface area contributed by atoms with Gasteiger partial charge < -0.3 is 31.2 Å². The molecule has 1 aliphatic rings. The number of nitrogens with two attached hydrogens (primary N) is 2. The molecule has 10 heteroatoms. The number of aromatic nitrogens is 4. The van der Waals surface area contributed by atoms with Crippen molar-refractivity contribution in [3.63, 3.8) is 0 Å². The molecule has 0 aliphatic carbocycles. The van der Waals surface area contributed by atoms with Gasteiger partial charge in [0.25, 0.3) is 0 Å². The van der Waals surface area contributed by atoms with E-state index in [9.17, 15) is 4.79 Å². The van der Waals surface area contributed by atoms with E-state index < -0.39 is 5.97 Å². The number of rotatable bonds is 5. The van der Waals surface area contributed by atoms with Crippen molar-refractivity contribution in [2.75, 3.05) is 30.8 Å². The third-order valence-electron chi connectivity index (χ3n) is 5.97. The van der Waals surface area contributed by atoms with E-state index in [0.29, 0.717) is 12.2 Å². The van der Waals surface area contributed by atoms with E-state index in [1.54, 1.807) is 24.2 Å². The first-order valence-corrected chi connectivity index (χ1v) is 11.5. The number of carboxylic acid groups (broad SMARTS) is 1. The highest BCUT2D eigenvalue weighted by Gasteiger charge is 2.24. The number of aromatic carboxylic acids is 1. The lowest BCUT2D eigenvalue weighted by atomic mass is 10.0. The number of aryl methyl sites for hydroxylation is 1. The van der Waals surface area contributed by atoms with Crippen molar-refractivity contribution in [1.29, 1.82) is 0 Å². The maximum atomic E-state index is 10.7. The maximum Gasteiger partial charge on any atom is 0.338 e. The van der Waals surface area contributed by atoms with Crippen LogP contribution in [0.2, 0.25) is 0 Å². The number of aromatic amines is 1. The number of hydrogen-bond acceptors (Lipinski definition) is 7. The summed E-state index contributed by atoms with van der Waals surface area (Å²) in [5.41, 5.74) is 17.1. The lowest BCUT2D eigenvalue weighted by Gasteiger charge is -2.33. The molecule has 1 atom stereocenters. The molecule has 1 saturated heterocycles. The number of nitrogen functional groups attached to an aromatic ring is 1. The molecule has 3 aromatic heterocycles. The van der Waals surface area contributed by atoms with Gasteiger partial charge in [-0.3, -0.25) is 4.68 Å². The van der Waals surface area contributed by atoms with Gasteiger partial charge in [0.15, 0.2) is 5.75 Å². The molecule has 1 aliphatic heterocycles. The Morgan fingerprint density at radius 2 is 2.17 bits per heavy atom. The van der Waals surface area contributed by atoms with Crippen molar-refractivity contribution in [1.82, 2.24) is 19.7 Å². The monoisotopic (exact) mass is 477 g/mol. The van der Waals surface area contributed by atoms with Gasteiger partial charge in [0.2, 0.25) is 0 Å². The molecule has 10 nitrogen and oxygen atoms in total. The molecular weight excluding hydrogens is 446 g/mol. The largest absolute Gasteiger partial charge is 0.493 e. The van der Waals surface area contributed by atoms with Gasteiger partial charge in [-0.15, -0.1) is 0 Å². The van der Waals surface area contributed by atoms with Crippen molar-refractivity contribution in [2.45, 2.75) is 32.4 Å². The second-order valence-corrected chi connectivity index (χ2v) is 8.71. The number of fused-ring (bicyclic) bond motifs is 1. The third-order valence-corrected chi connectivity index (χ3v) is 5.97. The minimum atomic E-state index is -0.949. The van der Waals surface area contributed by atoms with E-state index in [2.05, 4.69) is 26.0 Å². The van der Waals surface area contributed by atoms with Gasteiger partial charge in [-0.1, -0.05) is 29.8 Å². The molecule has 6 N–H and O–H groups in total. The summed E-state index contributed by atoms with van der Waals surface area (Å²) in [5, 5.41) is 13.7. The average Bonchev–Trinajstić information content (AvgIpc) is 3.46. The van der Waals surface area contributed by atoms with Gasteiger partial charge in [0, 0.05) is 31.5 Å². The Balaban J connectivity index is 0.000000168. The molecule has 4 heterocycles. The second-order valence-electron chi connectivity index (χ2n) is 8.71.